The SMILES string of the molecule is Cc1ccc(C)c(-n2ccn(CN3CCN(CC(=O)NC(C)(C)C)CC3)c2=S)c1. The lowest BCUT2D eigenvalue weighted by molar-refractivity contribution is -0.124. The first-order valence-electron chi connectivity index (χ1n) is 10.2. The van der Waals surface area contributed by atoms with E-state index in [9.17, 15) is 4.79 Å². The molecule has 6 nitrogen and oxygen atoms in total. The van der Waals surface area contributed by atoms with Gasteiger partial charge in [0, 0.05) is 44.1 Å². The van der Waals surface area contributed by atoms with Crippen LogP contribution in [-0.2, 0) is 11.5 Å². The summed E-state index contributed by atoms with van der Waals surface area (Å²) < 4.78 is 5.02. The molecule has 0 saturated carbocycles. The van der Waals surface area contributed by atoms with Crippen LogP contribution >= 0.6 is 12.2 Å². The maximum Gasteiger partial charge on any atom is 0.234 e. The average Bonchev–Trinajstić information content (AvgIpc) is 2.97. The van der Waals surface area contributed by atoms with E-state index in [2.05, 4.69) is 68.7 Å². The molecule has 1 aromatic heterocycles. The van der Waals surface area contributed by atoms with Crippen LogP contribution in [0.2, 0.25) is 0 Å². The van der Waals surface area contributed by atoms with Crippen molar-refractivity contribution in [3.05, 3.63) is 46.5 Å². The van der Waals surface area contributed by atoms with Crippen molar-refractivity contribution in [1.82, 2.24) is 24.3 Å². The van der Waals surface area contributed by atoms with E-state index >= 15 is 0 Å². The standard InChI is InChI=1S/C22H33N5OS/c1-17-6-7-18(2)19(14-17)27-13-12-26(21(27)29)16-25-10-8-24(9-11-25)15-20(28)23-22(3,4)5/h6-7,12-14H,8-11,15-16H2,1-5H3,(H,23,28). The molecule has 2 aromatic rings. The molecule has 1 aromatic carbocycles. The number of carbonyl (C=O) groups is 1. The Labute approximate surface area is 179 Å². The Kier molecular flexibility index (Phi) is 6.61. The van der Waals surface area contributed by atoms with E-state index in [1.165, 1.54) is 11.1 Å². The molecule has 3 rings (SSSR count). The summed E-state index contributed by atoms with van der Waals surface area (Å²) in [5.41, 5.74) is 3.40. The number of hydrogen-bond donors (Lipinski definition) is 1. The first-order valence-corrected chi connectivity index (χ1v) is 10.6. The van der Waals surface area contributed by atoms with Crippen molar-refractivity contribution in [2.24, 2.45) is 0 Å². The van der Waals surface area contributed by atoms with E-state index in [0.717, 1.165) is 43.3 Å². The maximum absolute atomic E-state index is 12.1. The molecule has 1 fully saturated rings. The Morgan fingerprint density at radius 3 is 2.38 bits per heavy atom. The number of piperazine rings is 1. The lowest BCUT2D eigenvalue weighted by Gasteiger charge is -2.34. The molecule has 1 N–H and O–H groups in total. The van der Waals surface area contributed by atoms with Gasteiger partial charge in [0.05, 0.1) is 18.9 Å². The minimum atomic E-state index is -0.182. The zero-order chi connectivity index (χ0) is 21.2. The van der Waals surface area contributed by atoms with Crippen LogP contribution in [0, 0.1) is 18.6 Å². The molecule has 0 spiro atoms. The van der Waals surface area contributed by atoms with Crippen molar-refractivity contribution in [3.63, 3.8) is 0 Å². The van der Waals surface area contributed by atoms with E-state index in [-0.39, 0.29) is 11.4 Å². The maximum atomic E-state index is 12.1. The molecule has 1 aliphatic rings. The molecule has 0 radical (unpaired) electrons. The largest absolute Gasteiger partial charge is 0.350 e. The number of aryl methyl sites for hydroxylation is 2. The third-order valence-corrected chi connectivity index (χ3v) is 5.60. The highest BCUT2D eigenvalue weighted by atomic mass is 32.1. The Morgan fingerprint density at radius 1 is 1.07 bits per heavy atom. The number of imidazole rings is 1. The number of amides is 1. The Bertz CT molecular complexity index is 916. The lowest BCUT2D eigenvalue weighted by atomic mass is 10.1. The van der Waals surface area contributed by atoms with Gasteiger partial charge in [-0.15, -0.1) is 0 Å². The number of rotatable bonds is 5. The second-order valence-corrected chi connectivity index (χ2v) is 9.41. The van der Waals surface area contributed by atoms with Crippen LogP contribution in [0.1, 0.15) is 31.9 Å². The van der Waals surface area contributed by atoms with E-state index in [0.29, 0.717) is 6.54 Å². The fourth-order valence-electron chi connectivity index (χ4n) is 3.65. The third-order valence-electron chi connectivity index (χ3n) is 5.17. The molecular formula is C22H33N5OS. The van der Waals surface area contributed by atoms with Crippen LogP contribution in [0.5, 0.6) is 0 Å². The second-order valence-electron chi connectivity index (χ2n) is 9.04. The van der Waals surface area contributed by atoms with Crippen molar-refractivity contribution < 1.29 is 4.79 Å². The van der Waals surface area contributed by atoms with Crippen molar-refractivity contribution in [1.29, 1.82) is 0 Å². The zero-order valence-electron chi connectivity index (χ0n) is 18.2. The van der Waals surface area contributed by atoms with Gasteiger partial charge in [0.1, 0.15) is 0 Å². The minimum Gasteiger partial charge on any atom is -0.350 e. The monoisotopic (exact) mass is 415 g/mol. The molecule has 0 atom stereocenters. The molecule has 29 heavy (non-hydrogen) atoms. The predicted octanol–water partition coefficient (Wildman–Crippen LogP) is 3.11. The van der Waals surface area contributed by atoms with Crippen molar-refractivity contribution in [2.75, 3.05) is 32.7 Å². The minimum absolute atomic E-state index is 0.0961. The van der Waals surface area contributed by atoms with Crippen LogP contribution in [0.3, 0.4) is 0 Å². The molecule has 1 aliphatic heterocycles. The Morgan fingerprint density at radius 2 is 1.72 bits per heavy atom. The topological polar surface area (TPSA) is 45.4 Å². The number of carbonyl (C=O) groups excluding carboxylic acids is 1. The van der Waals surface area contributed by atoms with Crippen molar-refractivity contribution >= 4 is 18.1 Å². The lowest BCUT2D eigenvalue weighted by Crippen LogP contribution is -2.51. The van der Waals surface area contributed by atoms with Gasteiger partial charge in [0.15, 0.2) is 4.77 Å². The summed E-state index contributed by atoms with van der Waals surface area (Å²) >= 11 is 5.75. The molecule has 7 heteroatoms. The smallest absolute Gasteiger partial charge is 0.234 e. The Balaban J connectivity index is 1.58. The van der Waals surface area contributed by atoms with E-state index in [4.69, 9.17) is 12.2 Å². The van der Waals surface area contributed by atoms with Gasteiger partial charge in [-0.3, -0.25) is 19.2 Å². The van der Waals surface area contributed by atoms with Crippen molar-refractivity contribution in [2.45, 2.75) is 46.8 Å². The van der Waals surface area contributed by atoms with Crippen LogP contribution in [0.15, 0.2) is 30.6 Å². The van der Waals surface area contributed by atoms with Gasteiger partial charge in [0.25, 0.3) is 0 Å². The average molecular weight is 416 g/mol. The fourth-order valence-corrected chi connectivity index (χ4v) is 3.93. The first-order chi connectivity index (χ1) is 13.6. The van der Waals surface area contributed by atoms with E-state index < -0.39 is 0 Å². The molecule has 158 valence electrons. The number of benzene rings is 1. The van der Waals surface area contributed by atoms with Gasteiger partial charge >= 0.3 is 0 Å². The number of aromatic nitrogens is 2. The number of hydrogen-bond acceptors (Lipinski definition) is 4. The molecule has 0 unspecified atom stereocenters. The molecular weight excluding hydrogens is 382 g/mol. The van der Waals surface area contributed by atoms with Crippen LogP contribution < -0.4 is 5.32 Å². The van der Waals surface area contributed by atoms with Gasteiger partial charge in [0.2, 0.25) is 5.91 Å². The summed E-state index contributed by atoms with van der Waals surface area (Å²) in [5.74, 6) is 0.0961. The molecule has 0 aliphatic carbocycles. The quantitative estimate of drug-likeness (QED) is 0.762. The highest BCUT2D eigenvalue weighted by Gasteiger charge is 2.21. The molecule has 1 saturated heterocycles. The summed E-state index contributed by atoms with van der Waals surface area (Å²) in [6, 6.07) is 6.44. The summed E-state index contributed by atoms with van der Waals surface area (Å²) in [6.07, 6.45) is 4.12. The van der Waals surface area contributed by atoms with E-state index in [1.807, 2.05) is 20.8 Å². The predicted molar refractivity (Wildman–Crippen MR) is 120 cm³/mol. The summed E-state index contributed by atoms with van der Waals surface area (Å²) in [4.78, 5) is 16.8. The normalized spacial score (nSPS) is 16.2. The van der Waals surface area contributed by atoms with Crippen LogP contribution in [-0.4, -0.2) is 63.1 Å². The number of nitrogens with zero attached hydrogens (tertiary/aromatic N) is 4. The molecule has 0 bridgehead atoms. The summed E-state index contributed by atoms with van der Waals surface area (Å²) in [6.45, 7) is 15.1. The molecule has 1 amide bonds. The van der Waals surface area contributed by atoms with Crippen LogP contribution in [0.4, 0.5) is 0 Å². The van der Waals surface area contributed by atoms with Gasteiger partial charge in [-0.05, 0) is 64.0 Å². The number of nitrogens with one attached hydrogen (secondary N) is 1. The summed E-state index contributed by atoms with van der Waals surface area (Å²) in [5, 5.41) is 3.04. The van der Waals surface area contributed by atoms with Gasteiger partial charge < -0.3 is 9.88 Å². The van der Waals surface area contributed by atoms with Gasteiger partial charge in [-0.2, -0.15) is 0 Å². The highest BCUT2D eigenvalue weighted by molar-refractivity contribution is 7.71. The van der Waals surface area contributed by atoms with Gasteiger partial charge in [-0.25, -0.2) is 0 Å². The first kappa shape index (κ1) is 21.7. The van der Waals surface area contributed by atoms with E-state index in [1.54, 1.807) is 0 Å². The highest BCUT2D eigenvalue weighted by Crippen LogP contribution is 2.17. The van der Waals surface area contributed by atoms with Crippen LogP contribution in [0.25, 0.3) is 5.69 Å². The second kappa shape index (κ2) is 8.81. The molecule has 2 heterocycles. The van der Waals surface area contributed by atoms with Gasteiger partial charge in [-0.1, -0.05) is 12.1 Å². The van der Waals surface area contributed by atoms with Crippen molar-refractivity contribution in [3.8, 4) is 5.69 Å². The third kappa shape index (κ3) is 5.78. The summed E-state index contributed by atoms with van der Waals surface area (Å²) in [7, 11) is 0. The Hall–Kier alpha value is -1.96. The fraction of sp³-hybridized carbons (Fsp3) is 0.545. The zero-order valence-corrected chi connectivity index (χ0v) is 19.1.